The normalized spacial score (nSPS) is 13.7. The van der Waals surface area contributed by atoms with Crippen LogP contribution >= 0.6 is 23.1 Å². The number of carbonyl (C=O) groups is 1. The molecule has 5 nitrogen and oxygen atoms in total. The van der Waals surface area contributed by atoms with E-state index in [9.17, 15) is 4.79 Å². The van der Waals surface area contributed by atoms with Crippen LogP contribution in [0.3, 0.4) is 0 Å². The van der Waals surface area contributed by atoms with Crippen LogP contribution in [0, 0.1) is 19.8 Å². The molecule has 140 valence electrons. The molecule has 1 heterocycles. The van der Waals surface area contributed by atoms with Gasteiger partial charge in [0.25, 0.3) is 0 Å². The van der Waals surface area contributed by atoms with Crippen LogP contribution in [0.5, 0.6) is 0 Å². The molecule has 0 spiro atoms. The van der Waals surface area contributed by atoms with Crippen LogP contribution < -0.4 is 5.32 Å². The number of hydrogen-bond donors (Lipinski definition) is 1. The topological polar surface area (TPSA) is 58.1 Å². The van der Waals surface area contributed by atoms with Crippen molar-refractivity contribution >= 4 is 39.8 Å². The summed E-state index contributed by atoms with van der Waals surface area (Å²) in [6.45, 7) is 8.08. The maximum atomic E-state index is 12.5. The standard InChI is InChI=1S/C19H26N4OS2/c1-4-10-23(11-15-8-9-15)17(24)12-25-19-22-21-18(26-19)20-16-7-5-6-13(2)14(16)3/h5-7,15H,4,8-12H2,1-3H3,(H,20,21). The molecule has 0 saturated heterocycles. The number of thioether (sulfide) groups is 1. The highest BCUT2D eigenvalue weighted by molar-refractivity contribution is 8.01. The van der Waals surface area contributed by atoms with Crippen LogP contribution in [-0.2, 0) is 4.79 Å². The quantitative estimate of drug-likeness (QED) is 0.632. The molecule has 0 aliphatic heterocycles. The van der Waals surface area contributed by atoms with E-state index in [0.717, 1.165) is 40.6 Å². The van der Waals surface area contributed by atoms with Crippen molar-refractivity contribution in [2.75, 3.05) is 24.2 Å². The lowest BCUT2D eigenvalue weighted by Gasteiger charge is -2.21. The summed E-state index contributed by atoms with van der Waals surface area (Å²) in [5, 5.41) is 12.5. The van der Waals surface area contributed by atoms with Gasteiger partial charge in [0.1, 0.15) is 0 Å². The fourth-order valence-corrected chi connectivity index (χ4v) is 4.40. The number of nitrogens with one attached hydrogen (secondary N) is 1. The summed E-state index contributed by atoms with van der Waals surface area (Å²) in [5.41, 5.74) is 3.50. The first-order valence-corrected chi connectivity index (χ1v) is 10.9. The van der Waals surface area contributed by atoms with E-state index in [-0.39, 0.29) is 5.91 Å². The summed E-state index contributed by atoms with van der Waals surface area (Å²) in [5.74, 6) is 1.37. The second-order valence-electron chi connectivity index (χ2n) is 6.82. The molecule has 0 radical (unpaired) electrons. The third-order valence-electron chi connectivity index (χ3n) is 4.59. The van der Waals surface area contributed by atoms with Gasteiger partial charge in [-0.15, -0.1) is 10.2 Å². The first kappa shape index (κ1) is 19.2. The number of hydrogen-bond acceptors (Lipinski definition) is 6. The van der Waals surface area contributed by atoms with Crippen molar-refractivity contribution in [3.8, 4) is 0 Å². The summed E-state index contributed by atoms with van der Waals surface area (Å²) < 4.78 is 0.828. The molecule has 0 unspecified atom stereocenters. The van der Waals surface area contributed by atoms with Crippen molar-refractivity contribution in [2.45, 2.75) is 44.4 Å². The molecule has 3 rings (SSSR count). The Morgan fingerprint density at radius 1 is 1.35 bits per heavy atom. The minimum absolute atomic E-state index is 0.211. The number of anilines is 2. The maximum Gasteiger partial charge on any atom is 0.233 e. The Kier molecular flexibility index (Phi) is 6.53. The SMILES string of the molecule is CCCN(CC1CC1)C(=O)CSc1nnc(Nc2cccc(C)c2C)s1. The van der Waals surface area contributed by atoms with E-state index < -0.39 is 0 Å². The van der Waals surface area contributed by atoms with Crippen LogP contribution in [0.4, 0.5) is 10.8 Å². The molecule has 1 aliphatic rings. The largest absolute Gasteiger partial charge is 0.342 e. The van der Waals surface area contributed by atoms with Crippen molar-refractivity contribution in [1.82, 2.24) is 15.1 Å². The molecule has 7 heteroatoms. The second kappa shape index (κ2) is 8.86. The molecule has 0 bridgehead atoms. The van der Waals surface area contributed by atoms with E-state index in [1.165, 1.54) is 47.1 Å². The fraction of sp³-hybridized carbons (Fsp3) is 0.526. The molecule has 2 aromatic rings. The highest BCUT2D eigenvalue weighted by Crippen LogP contribution is 2.31. The van der Waals surface area contributed by atoms with Gasteiger partial charge in [-0.3, -0.25) is 4.79 Å². The number of amides is 1. The molecule has 1 fully saturated rings. The number of carbonyl (C=O) groups excluding carboxylic acids is 1. The molecule has 1 saturated carbocycles. The van der Waals surface area contributed by atoms with Crippen LogP contribution in [-0.4, -0.2) is 39.8 Å². The predicted octanol–water partition coefficient (Wildman–Crippen LogP) is 4.64. The van der Waals surface area contributed by atoms with Crippen molar-refractivity contribution in [1.29, 1.82) is 0 Å². The summed E-state index contributed by atoms with van der Waals surface area (Å²) in [6.07, 6.45) is 3.54. The Balaban J connectivity index is 1.54. The molecule has 1 amide bonds. The van der Waals surface area contributed by atoms with E-state index >= 15 is 0 Å². The summed E-state index contributed by atoms with van der Waals surface area (Å²) in [7, 11) is 0. The van der Waals surface area contributed by atoms with Gasteiger partial charge in [-0.25, -0.2) is 0 Å². The van der Waals surface area contributed by atoms with Crippen molar-refractivity contribution in [2.24, 2.45) is 5.92 Å². The van der Waals surface area contributed by atoms with Gasteiger partial charge in [0, 0.05) is 18.8 Å². The number of rotatable bonds is 9. The van der Waals surface area contributed by atoms with E-state index in [0.29, 0.717) is 5.75 Å². The maximum absolute atomic E-state index is 12.5. The van der Waals surface area contributed by atoms with Crippen LogP contribution in [0.1, 0.15) is 37.3 Å². The van der Waals surface area contributed by atoms with E-state index in [2.05, 4.69) is 42.4 Å². The highest BCUT2D eigenvalue weighted by atomic mass is 32.2. The average Bonchev–Trinajstić information content (AvgIpc) is 3.33. The number of nitrogens with zero attached hydrogens (tertiary/aromatic N) is 3. The summed E-state index contributed by atoms with van der Waals surface area (Å²) in [4.78, 5) is 14.5. The molecule has 0 atom stereocenters. The lowest BCUT2D eigenvalue weighted by Crippen LogP contribution is -2.34. The van der Waals surface area contributed by atoms with Crippen LogP contribution in [0.25, 0.3) is 0 Å². The Labute approximate surface area is 163 Å². The molecule has 1 aliphatic carbocycles. The first-order chi connectivity index (χ1) is 12.6. The Morgan fingerprint density at radius 2 is 2.15 bits per heavy atom. The number of aromatic nitrogens is 2. The van der Waals surface area contributed by atoms with Crippen LogP contribution in [0.2, 0.25) is 0 Å². The lowest BCUT2D eigenvalue weighted by atomic mass is 10.1. The Bertz CT molecular complexity index is 758. The molecular weight excluding hydrogens is 364 g/mol. The first-order valence-electron chi connectivity index (χ1n) is 9.14. The Morgan fingerprint density at radius 3 is 2.88 bits per heavy atom. The zero-order valence-corrected chi connectivity index (χ0v) is 17.3. The lowest BCUT2D eigenvalue weighted by molar-refractivity contribution is -0.128. The van der Waals surface area contributed by atoms with Gasteiger partial charge in [-0.2, -0.15) is 0 Å². The van der Waals surface area contributed by atoms with Gasteiger partial charge in [0.15, 0.2) is 4.34 Å². The van der Waals surface area contributed by atoms with Gasteiger partial charge in [-0.1, -0.05) is 42.2 Å². The molecule has 1 aromatic heterocycles. The van der Waals surface area contributed by atoms with E-state index in [1.54, 1.807) is 0 Å². The van der Waals surface area contributed by atoms with Crippen molar-refractivity contribution in [3.63, 3.8) is 0 Å². The van der Waals surface area contributed by atoms with Gasteiger partial charge >= 0.3 is 0 Å². The molecule has 1 N–H and O–H groups in total. The third kappa shape index (κ3) is 5.20. The minimum Gasteiger partial charge on any atom is -0.342 e. The third-order valence-corrected chi connectivity index (χ3v) is 6.55. The fourth-order valence-electron chi connectivity index (χ4n) is 2.73. The van der Waals surface area contributed by atoms with Gasteiger partial charge in [0.05, 0.1) is 5.75 Å². The predicted molar refractivity (Wildman–Crippen MR) is 109 cm³/mol. The van der Waals surface area contributed by atoms with Gasteiger partial charge in [-0.05, 0) is 56.2 Å². The van der Waals surface area contributed by atoms with E-state index in [1.807, 2.05) is 17.0 Å². The number of aryl methyl sites for hydroxylation is 1. The molecule has 1 aromatic carbocycles. The highest BCUT2D eigenvalue weighted by Gasteiger charge is 2.26. The summed E-state index contributed by atoms with van der Waals surface area (Å²) >= 11 is 2.98. The van der Waals surface area contributed by atoms with Crippen molar-refractivity contribution in [3.05, 3.63) is 29.3 Å². The molecule has 26 heavy (non-hydrogen) atoms. The monoisotopic (exact) mass is 390 g/mol. The van der Waals surface area contributed by atoms with Crippen molar-refractivity contribution < 1.29 is 4.79 Å². The number of benzene rings is 1. The van der Waals surface area contributed by atoms with Crippen LogP contribution in [0.15, 0.2) is 22.5 Å². The zero-order chi connectivity index (χ0) is 18.5. The summed E-state index contributed by atoms with van der Waals surface area (Å²) in [6, 6.07) is 6.17. The van der Waals surface area contributed by atoms with Gasteiger partial charge in [0.2, 0.25) is 11.0 Å². The second-order valence-corrected chi connectivity index (χ2v) is 9.02. The van der Waals surface area contributed by atoms with Gasteiger partial charge < -0.3 is 10.2 Å². The van der Waals surface area contributed by atoms with E-state index in [4.69, 9.17) is 0 Å². The average molecular weight is 391 g/mol. The smallest absolute Gasteiger partial charge is 0.233 e. The Hall–Kier alpha value is -1.60. The zero-order valence-electron chi connectivity index (χ0n) is 15.6. The molecular formula is C19H26N4OS2. The minimum atomic E-state index is 0.211.